The highest BCUT2D eigenvalue weighted by atomic mass is 32.1. The molecular formula is C13H18N4OS. The molecule has 6 heteroatoms. The van der Waals surface area contributed by atoms with Crippen LogP contribution in [0, 0.1) is 5.92 Å². The molecular weight excluding hydrogens is 260 g/mol. The van der Waals surface area contributed by atoms with Crippen molar-refractivity contribution < 1.29 is 4.74 Å². The fourth-order valence-corrected chi connectivity index (χ4v) is 3.26. The van der Waals surface area contributed by atoms with Crippen molar-refractivity contribution >= 4 is 33.3 Å². The monoisotopic (exact) mass is 278 g/mol. The third-order valence-electron chi connectivity index (χ3n) is 3.39. The van der Waals surface area contributed by atoms with Crippen LogP contribution in [0.4, 0.5) is 11.8 Å². The number of ether oxygens (including phenoxy) is 1. The number of nitrogens with zero attached hydrogens (tertiary/aromatic N) is 2. The van der Waals surface area contributed by atoms with Crippen LogP contribution in [-0.4, -0.2) is 29.7 Å². The molecule has 0 amide bonds. The third kappa shape index (κ3) is 2.64. The van der Waals surface area contributed by atoms with Gasteiger partial charge in [0.1, 0.15) is 10.6 Å². The SMILES string of the molecule is CCc1cc2c(NCC3CCOC3)nc(N)nc2s1. The fraction of sp³-hybridized carbons (Fsp3) is 0.538. The van der Waals surface area contributed by atoms with Crippen LogP contribution < -0.4 is 11.1 Å². The first-order chi connectivity index (χ1) is 9.26. The minimum absolute atomic E-state index is 0.335. The molecule has 19 heavy (non-hydrogen) atoms. The van der Waals surface area contributed by atoms with Crippen LogP contribution >= 0.6 is 11.3 Å². The highest BCUT2D eigenvalue weighted by Crippen LogP contribution is 2.30. The molecule has 2 aromatic heterocycles. The van der Waals surface area contributed by atoms with Gasteiger partial charge in [0.25, 0.3) is 0 Å². The summed E-state index contributed by atoms with van der Waals surface area (Å²) < 4.78 is 5.38. The molecule has 0 bridgehead atoms. The van der Waals surface area contributed by atoms with Gasteiger partial charge in [0.15, 0.2) is 0 Å². The third-order valence-corrected chi connectivity index (χ3v) is 4.56. The summed E-state index contributed by atoms with van der Waals surface area (Å²) in [5, 5.41) is 4.48. The Balaban J connectivity index is 1.85. The first kappa shape index (κ1) is 12.6. The molecule has 3 rings (SSSR count). The van der Waals surface area contributed by atoms with E-state index >= 15 is 0 Å². The van der Waals surface area contributed by atoms with Crippen LogP contribution in [0.2, 0.25) is 0 Å². The summed E-state index contributed by atoms with van der Waals surface area (Å²) in [5.41, 5.74) is 5.78. The molecule has 0 aliphatic carbocycles. The Morgan fingerprint density at radius 2 is 2.42 bits per heavy atom. The number of thiophene rings is 1. The van der Waals surface area contributed by atoms with Crippen LogP contribution in [-0.2, 0) is 11.2 Å². The lowest BCUT2D eigenvalue weighted by Crippen LogP contribution is -2.15. The van der Waals surface area contributed by atoms with Crippen LogP contribution in [0.25, 0.3) is 10.2 Å². The molecule has 2 aromatic rings. The van der Waals surface area contributed by atoms with Gasteiger partial charge in [-0.25, -0.2) is 4.98 Å². The Bertz CT molecular complexity index is 577. The maximum absolute atomic E-state index is 5.78. The first-order valence-electron chi connectivity index (χ1n) is 6.64. The first-order valence-corrected chi connectivity index (χ1v) is 7.45. The largest absolute Gasteiger partial charge is 0.381 e. The van der Waals surface area contributed by atoms with Gasteiger partial charge >= 0.3 is 0 Å². The average molecular weight is 278 g/mol. The van der Waals surface area contributed by atoms with Crippen LogP contribution in [0.3, 0.4) is 0 Å². The summed E-state index contributed by atoms with van der Waals surface area (Å²) in [6.45, 7) is 4.72. The van der Waals surface area contributed by atoms with Gasteiger partial charge in [-0.15, -0.1) is 11.3 Å². The molecule has 1 aliphatic heterocycles. The van der Waals surface area contributed by atoms with E-state index in [1.165, 1.54) is 4.88 Å². The second-order valence-corrected chi connectivity index (χ2v) is 5.94. The Morgan fingerprint density at radius 3 is 3.16 bits per heavy atom. The molecule has 1 unspecified atom stereocenters. The van der Waals surface area contributed by atoms with Crippen molar-refractivity contribution in [2.24, 2.45) is 5.92 Å². The second-order valence-electron chi connectivity index (χ2n) is 4.83. The molecule has 1 atom stereocenters. The number of aryl methyl sites for hydroxylation is 1. The van der Waals surface area contributed by atoms with Crippen molar-refractivity contribution in [3.63, 3.8) is 0 Å². The summed E-state index contributed by atoms with van der Waals surface area (Å²) >= 11 is 1.69. The van der Waals surface area contributed by atoms with E-state index in [0.717, 1.165) is 48.6 Å². The van der Waals surface area contributed by atoms with E-state index in [2.05, 4.69) is 28.3 Å². The number of fused-ring (bicyclic) bond motifs is 1. The van der Waals surface area contributed by atoms with Crippen molar-refractivity contribution in [3.8, 4) is 0 Å². The Kier molecular flexibility index (Phi) is 3.52. The van der Waals surface area contributed by atoms with Gasteiger partial charge in [0.2, 0.25) is 5.95 Å². The summed E-state index contributed by atoms with van der Waals surface area (Å²) in [7, 11) is 0. The number of rotatable bonds is 4. The van der Waals surface area contributed by atoms with E-state index in [9.17, 15) is 0 Å². The Hall–Kier alpha value is -1.40. The predicted octanol–water partition coefficient (Wildman–Crippen LogP) is 2.28. The van der Waals surface area contributed by atoms with E-state index < -0.39 is 0 Å². The quantitative estimate of drug-likeness (QED) is 0.897. The van der Waals surface area contributed by atoms with E-state index in [1.54, 1.807) is 11.3 Å². The molecule has 0 aromatic carbocycles. The van der Waals surface area contributed by atoms with Gasteiger partial charge in [0, 0.05) is 23.9 Å². The topological polar surface area (TPSA) is 73.1 Å². The maximum Gasteiger partial charge on any atom is 0.223 e. The number of nitrogen functional groups attached to an aromatic ring is 1. The summed E-state index contributed by atoms with van der Waals surface area (Å²) in [6.07, 6.45) is 2.12. The number of nitrogens with two attached hydrogens (primary N) is 1. The molecule has 3 heterocycles. The zero-order valence-electron chi connectivity index (χ0n) is 11.0. The second kappa shape index (κ2) is 5.30. The molecule has 0 saturated carbocycles. The molecule has 102 valence electrons. The predicted molar refractivity (Wildman–Crippen MR) is 78.6 cm³/mol. The van der Waals surface area contributed by atoms with E-state index in [4.69, 9.17) is 10.5 Å². The van der Waals surface area contributed by atoms with Crippen molar-refractivity contribution in [2.45, 2.75) is 19.8 Å². The van der Waals surface area contributed by atoms with E-state index in [-0.39, 0.29) is 0 Å². The lowest BCUT2D eigenvalue weighted by molar-refractivity contribution is 0.187. The average Bonchev–Trinajstić information content (AvgIpc) is 3.04. The zero-order chi connectivity index (χ0) is 13.2. The van der Waals surface area contributed by atoms with Gasteiger partial charge in [-0.2, -0.15) is 4.98 Å². The van der Waals surface area contributed by atoms with E-state index in [1.807, 2.05) is 0 Å². The normalized spacial score (nSPS) is 19.1. The molecule has 0 radical (unpaired) electrons. The number of hydrogen-bond donors (Lipinski definition) is 2. The zero-order valence-corrected chi connectivity index (χ0v) is 11.8. The number of nitrogens with one attached hydrogen (secondary N) is 1. The summed E-state index contributed by atoms with van der Waals surface area (Å²) in [5.74, 6) is 1.75. The van der Waals surface area contributed by atoms with Gasteiger partial charge < -0.3 is 15.8 Å². The molecule has 1 aliphatic rings. The highest BCUT2D eigenvalue weighted by molar-refractivity contribution is 7.18. The highest BCUT2D eigenvalue weighted by Gasteiger charge is 2.17. The van der Waals surface area contributed by atoms with Crippen molar-refractivity contribution in [2.75, 3.05) is 30.8 Å². The Labute approximate surface area is 116 Å². The lowest BCUT2D eigenvalue weighted by Gasteiger charge is -2.10. The van der Waals surface area contributed by atoms with Crippen molar-refractivity contribution in [3.05, 3.63) is 10.9 Å². The van der Waals surface area contributed by atoms with Crippen molar-refractivity contribution in [1.82, 2.24) is 9.97 Å². The molecule has 1 saturated heterocycles. The Morgan fingerprint density at radius 1 is 1.53 bits per heavy atom. The van der Waals surface area contributed by atoms with Gasteiger partial charge in [-0.05, 0) is 18.9 Å². The summed E-state index contributed by atoms with van der Waals surface area (Å²) in [4.78, 5) is 10.9. The van der Waals surface area contributed by atoms with Crippen molar-refractivity contribution in [1.29, 1.82) is 0 Å². The van der Waals surface area contributed by atoms with Crippen LogP contribution in [0.1, 0.15) is 18.2 Å². The van der Waals surface area contributed by atoms with Crippen LogP contribution in [0.15, 0.2) is 6.07 Å². The number of anilines is 2. The van der Waals surface area contributed by atoms with E-state index in [0.29, 0.717) is 11.9 Å². The number of hydrogen-bond acceptors (Lipinski definition) is 6. The molecule has 1 fully saturated rings. The van der Waals surface area contributed by atoms with Gasteiger partial charge in [-0.3, -0.25) is 0 Å². The molecule has 0 spiro atoms. The van der Waals surface area contributed by atoms with Gasteiger partial charge in [-0.1, -0.05) is 6.92 Å². The minimum atomic E-state index is 0.335. The molecule has 5 nitrogen and oxygen atoms in total. The standard InChI is InChI=1S/C13H18N4OS/c1-2-9-5-10-11(15-6-8-3-4-18-7-8)16-13(14)17-12(10)19-9/h5,8H,2-4,6-7H2,1H3,(H3,14,15,16,17). The smallest absolute Gasteiger partial charge is 0.223 e. The lowest BCUT2D eigenvalue weighted by atomic mass is 10.1. The summed E-state index contributed by atoms with van der Waals surface area (Å²) in [6, 6.07) is 2.16. The minimum Gasteiger partial charge on any atom is -0.381 e. The molecule has 3 N–H and O–H groups in total. The van der Waals surface area contributed by atoms with Gasteiger partial charge in [0.05, 0.1) is 12.0 Å². The van der Waals surface area contributed by atoms with Crippen LogP contribution in [0.5, 0.6) is 0 Å². The number of aromatic nitrogens is 2. The fourth-order valence-electron chi connectivity index (χ4n) is 2.28. The maximum atomic E-state index is 5.78.